The number of carbonyl (C=O) groups is 2. The van der Waals surface area contributed by atoms with E-state index in [4.69, 9.17) is 27.9 Å². The number of benzene rings is 2. The van der Waals surface area contributed by atoms with Crippen LogP contribution in [-0.2, 0) is 14.3 Å². The lowest BCUT2D eigenvalue weighted by Crippen LogP contribution is -2.14. The maximum atomic E-state index is 12.4. The summed E-state index contributed by atoms with van der Waals surface area (Å²) in [5.41, 5.74) is 1.78. The highest BCUT2D eigenvalue weighted by Gasteiger charge is 2.14. The largest absolute Gasteiger partial charge is 0.479 e. The second-order valence-electron chi connectivity index (χ2n) is 5.62. The van der Waals surface area contributed by atoms with Crippen molar-refractivity contribution in [3.63, 3.8) is 0 Å². The highest BCUT2D eigenvalue weighted by molar-refractivity contribution is 6.37. The predicted molar refractivity (Wildman–Crippen MR) is 107 cm³/mol. The fourth-order valence-electron chi connectivity index (χ4n) is 2.21. The standard InChI is InChI=1S/C20H16Cl2N2O4/c1-12-5-3-4-6-17(12)24-20(26)14(10-23)7-13-8-15(21)19(16(22)9-13)28-11-18(25)27-2/h3-9H,11H2,1-2H3,(H,24,26)/b14-7-. The smallest absolute Gasteiger partial charge is 0.343 e. The van der Waals surface area contributed by atoms with Crippen LogP contribution in [0.4, 0.5) is 5.69 Å². The van der Waals surface area contributed by atoms with E-state index in [1.54, 1.807) is 12.1 Å². The molecule has 0 aromatic heterocycles. The maximum Gasteiger partial charge on any atom is 0.343 e. The van der Waals surface area contributed by atoms with Gasteiger partial charge in [-0.25, -0.2) is 4.79 Å². The maximum absolute atomic E-state index is 12.4. The predicted octanol–water partition coefficient (Wildman–Crippen LogP) is 4.40. The van der Waals surface area contributed by atoms with Gasteiger partial charge in [0.25, 0.3) is 5.91 Å². The van der Waals surface area contributed by atoms with Crippen LogP contribution < -0.4 is 10.1 Å². The first-order valence-corrected chi connectivity index (χ1v) is 8.78. The Morgan fingerprint density at radius 2 is 1.86 bits per heavy atom. The number of nitrogens with zero attached hydrogens (tertiary/aromatic N) is 1. The number of amides is 1. The summed E-state index contributed by atoms with van der Waals surface area (Å²) in [5.74, 6) is -1.04. The number of nitrogens with one attached hydrogen (secondary N) is 1. The van der Waals surface area contributed by atoms with Gasteiger partial charge in [0, 0.05) is 5.69 Å². The molecule has 0 aliphatic rings. The van der Waals surface area contributed by atoms with E-state index in [0.717, 1.165) is 5.56 Å². The second-order valence-corrected chi connectivity index (χ2v) is 6.43. The topological polar surface area (TPSA) is 88.4 Å². The number of carbonyl (C=O) groups excluding carboxylic acids is 2. The molecule has 28 heavy (non-hydrogen) atoms. The number of nitriles is 1. The van der Waals surface area contributed by atoms with Crippen LogP contribution in [0.25, 0.3) is 6.08 Å². The molecule has 0 saturated heterocycles. The van der Waals surface area contributed by atoms with Crippen LogP contribution in [0.2, 0.25) is 10.0 Å². The Kier molecular flexibility index (Phi) is 7.44. The Morgan fingerprint density at radius 3 is 2.43 bits per heavy atom. The average molecular weight is 419 g/mol. The van der Waals surface area contributed by atoms with E-state index in [0.29, 0.717) is 11.3 Å². The molecule has 1 N–H and O–H groups in total. The molecule has 0 bridgehead atoms. The molecule has 2 aromatic carbocycles. The van der Waals surface area contributed by atoms with Crippen molar-refractivity contribution in [2.24, 2.45) is 0 Å². The molecule has 0 radical (unpaired) electrons. The second kappa shape index (κ2) is 9.79. The zero-order chi connectivity index (χ0) is 20.7. The van der Waals surface area contributed by atoms with Crippen molar-refractivity contribution in [2.45, 2.75) is 6.92 Å². The minimum absolute atomic E-state index is 0.105. The van der Waals surface area contributed by atoms with Crippen molar-refractivity contribution in [2.75, 3.05) is 19.0 Å². The van der Waals surface area contributed by atoms with Gasteiger partial charge in [0.15, 0.2) is 12.4 Å². The zero-order valence-corrected chi connectivity index (χ0v) is 16.6. The Bertz CT molecular complexity index is 957. The van der Waals surface area contributed by atoms with Gasteiger partial charge in [0.2, 0.25) is 0 Å². The Labute approximate surface area is 172 Å². The van der Waals surface area contributed by atoms with E-state index in [9.17, 15) is 14.9 Å². The fourth-order valence-corrected chi connectivity index (χ4v) is 2.82. The number of halogens is 2. The molecule has 0 spiro atoms. The number of hydrogen-bond acceptors (Lipinski definition) is 5. The minimum Gasteiger partial charge on any atom is -0.479 e. The summed E-state index contributed by atoms with van der Waals surface area (Å²) >= 11 is 12.3. The molecule has 2 rings (SSSR count). The molecule has 0 heterocycles. The van der Waals surface area contributed by atoms with Gasteiger partial charge in [-0.15, -0.1) is 0 Å². The third kappa shape index (κ3) is 5.49. The molecule has 2 aromatic rings. The van der Waals surface area contributed by atoms with E-state index >= 15 is 0 Å². The lowest BCUT2D eigenvalue weighted by atomic mass is 10.1. The molecule has 6 nitrogen and oxygen atoms in total. The van der Waals surface area contributed by atoms with Gasteiger partial charge < -0.3 is 14.8 Å². The van der Waals surface area contributed by atoms with Crippen LogP contribution >= 0.6 is 23.2 Å². The molecule has 0 fully saturated rings. The highest BCUT2D eigenvalue weighted by Crippen LogP contribution is 2.35. The fraction of sp³-hybridized carbons (Fsp3) is 0.150. The Morgan fingerprint density at radius 1 is 1.21 bits per heavy atom. The first-order chi connectivity index (χ1) is 13.3. The van der Waals surface area contributed by atoms with E-state index in [1.807, 2.05) is 25.1 Å². The Balaban J connectivity index is 2.24. The summed E-state index contributed by atoms with van der Waals surface area (Å²) in [5, 5.41) is 12.3. The molecule has 0 unspecified atom stereocenters. The molecular formula is C20H16Cl2N2O4. The minimum atomic E-state index is -0.587. The van der Waals surface area contributed by atoms with E-state index in [1.165, 1.54) is 25.3 Å². The van der Waals surface area contributed by atoms with Crippen molar-refractivity contribution in [1.82, 2.24) is 0 Å². The van der Waals surface area contributed by atoms with Crippen molar-refractivity contribution >= 4 is 46.8 Å². The molecule has 0 atom stereocenters. The highest BCUT2D eigenvalue weighted by atomic mass is 35.5. The van der Waals surface area contributed by atoms with Crippen molar-refractivity contribution in [3.05, 3.63) is 63.1 Å². The number of hydrogen-bond donors (Lipinski definition) is 1. The van der Waals surface area contributed by atoms with Gasteiger partial charge >= 0.3 is 5.97 Å². The van der Waals surface area contributed by atoms with E-state index in [2.05, 4.69) is 10.1 Å². The quantitative estimate of drug-likeness (QED) is 0.426. The summed E-state index contributed by atoms with van der Waals surface area (Å²) in [6.45, 7) is 1.49. The molecule has 144 valence electrons. The van der Waals surface area contributed by atoms with Crippen LogP contribution in [0.5, 0.6) is 5.75 Å². The lowest BCUT2D eigenvalue weighted by molar-refractivity contribution is -0.142. The van der Waals surface area contributed by atoms with Crippen LogP contribution in [0.3, 0.4) is 0 Å². The molecule has 0 saturated carbocycles. The number of anilines is 1. The van der Waals surface area contributed by atoms with Crippen LogP contribution in [0, 0.1) is 18.3 Å². The number of esters is 1. The summed E-state index contributed by atoms with van der Waals surface area (Å²) in [4.78, 5) is 23.6. The lowest BCUT2D eigenvalue weighted by Gasteiger charge is -2.10. The number of para-hydroxylation sites is 1. The number of ether oxygens (including phenoxy) is 2. The Hall–Kier alpha value is -3.01. The monoisotopic (exact) mass is 418 g/mol. The van der Waals surface area contributed by atoms with Crippen molar-refractivity contribution < 1.29 is 19.1 Å². The van der Waals surface area contributed by atoms with Crippen molar-refractivity contribution in [3.8, 4) is 11.8 Å². The van der Waals surface area contributed by atoms with Gasteiger partial charge in [0.05, 0.1) is 17.2 Å². The summed E-state index contributed by atoms with van der Waals surface area (Å²) in [6, 6.07) is 12.0. The number of methoxy groups -OCH3 is 1. The zero-order valence-electron chi connectivity index (χ0n) is 15.1. The summed E-state index contributed by atoms with van der Waals surface area (Å²) < 4.78 is 9.73. The number of rotatable bonds is 6. The van der Waals surface area contributed by atoms with Gasteiger partial charge in [0.1, 0.15) is 11.6 Å². The van der Waals surface area contributed by atoms with Gasteiger partial charge in [-0.3, -0.25) is 4.79 Å². The molecule has 0 aliphatic heterocycles. The molecule has 1 amide bonds. The molecular weight excluding hydrogens is 403 g/mol. The van der Waals surface area contributed by atoms with Gasteiger partial charge in [-0.05, 0) is 42.3 Å². The van der Waals surface area contributed by atoms with Crippen LogP contribution in [0.1, 0.15) is 11.1 Å². The summed E-state index contributed by atoms with van der Waals surface area (Å²) in [6.07, 6.45) is 1.36. The number of aryl methyl sites for hydroxylation is 1. The SMILES string of the molecule is COC(=O)COc1c(Cl)cc(/C=C(/C#N)C(=O)Nc2ccccc2C)cc1Cl. The van der Waals surface area contributed by atoms with Crippen LogP contribution in [-0.4, -0.2) is 25.6 Å². The molecule has 0 aliphatic carbocycles. The van der Waals surface area contributed by atoms with Gasteiger partial charge in [-0.2, -0.15) is 5.26 Å². The molecule has 8 heteroatoms. The first kappa shape index (κ1) is 21.3. The van der Waals surface area contributed by atoms with Crippen molar-refractivity contribution in [1.29, 1.82) is 5.26 Å². The van der Waals surface area contributed by atoms with E-state index < -0.39 is 11.9 Å². The van der Waals surface area contributed by atoms with E-state index in [-0.39, 0.29) is 28.0 Å². The first-order valence-electron chi connectivity index (χ1n) is 8.03. The third-order valence-electron chi connectivity index (χ3n) is 3.65. The normalized spacial score (nSPS) is 10.8. The summed E-state index contributed by atoms with van der Waals surface area (Å²) in [7, 11) is 1.23. The third-order valence-corrected chi connectivity index (χ3v) is 4.21. The average Bonchev–Trinajstić information content (AvgIpc) is 2.66. The van der Waals surface area contributed by atoms with Gasteiger partial charge in [-0.1, -0.05) is 41.4 Å². The van der Waals surface area contributed by atoms with Crippen LogP contribution in [0.15, 0.2) is 42.0 Å².